The van der Waals surface area contributed by atoms with Gasteiger partial charge in [0.1, 0.15) is 5.75 Å². The van der Waals surface area contributed by atoms with Crippen molar-refractivity contribution in [1.82, 2.24) is 0 Å². The second-order valence-electron chi connectivity index (χ2n) is 5.34. The van der Waals surface area contributed by atoms with Crippen LogP contribution in [0.25, 0.3) is 0 Å². The monoisotopic (exact) mass is 274 g/mol. The third-order valence-corrected chi connectivity index (χ3v) is 4.64. The molecule has 19 heavy (non-hydrogen) atoms. The van der Waals surface area contributed by atoms with E-state index in [1.807, 2.05) is 6.07 Å². The highest BCUT2D eigenvalue weighted by Crippen LogP contribution is 2.33. The van der Waals surface area contributed by atoms with Crippen LogP contribution in [-0.4, -0.2) is 17.8 Å². The first-order valence-corrected chi connectivity index (χ1v) is 7.52. The van der Waals surface area contributed by atoms with Crippen molar-refractivity contribution in [2.45, 2.75) is 31.3 Å². The average Bonchev–Trinajstić information content (AvgIpc) is 2.90. The van der Waals surface area contributed by atoms with Crippen molar-refractivity contribution in [2.24, 2.45) is 0 Å². The van der Waals surface area contributed by atoms with Gasteiger partial charge in [-0.2, -0.15) is 11.3 Å². The summed E-state index contributed by atoms with van der Waals surface area (Å²) < 4.78 is 5.27. The highest BCUT2D eigenvalue weighted by molar-refractivity contribution is 7.07. The number of aliphatic hydroxyl groups is 1. The lowest BCUT2D eigenvalue weighted by Crippen LogP contribution is -2.37. The van der Waals surface area contributed by atoms with Gasteiger partial charge in [-0.05, 0) is 58.5 Å². The Morgan fingerprint density at radius 1 is 1.32 bits per heavy atom. The van der Waals surface area contributed by atoms with E-state index in [1.165, 1.54) is 16.7 Å². The summed E-state index contributed by atoms with van der Waals surface area (Å²) >= 11 is 1.69. The Hall–Kier alpha value is -1.32. The molecule has 1 unspecified atom stereocenters. The number of rotatable bonds is 3. The number of methoxy groups -OCH3 is 1. The van der Waals surface area contributed by atoms with Crippen molar-refractivity contribution in [3.05, 3.63) is 51.7 Å². The van der Waals surface area contributed by atoms with Gasteiger partial charge in [0.15, 0.2) is 0 Å². The topological polar surface area (TPSA) is 29.5 Å². The maximum absolute atomic E-state index is 10.8. The molecule has 0 fully saturated rings. The maximum atomic E-state index is 10.8. The molecule has 0 radical (unpaired) electrons. The zero-order valence-corrected chi connectivity index (χ0v) is 11.9. The van der Waals surface area contributed by atoms with E-state index in [0.29, 0.717) is 0 Å². The normalized spacial score (nSPS) is 22.0. The Morgan fingerprint density at radius 2 is 2.21 bits per heavy atom. The highest BCUT2D eigenvalue weighted by Gasteiger charge is 2.32. The van der Waals surface area contributed by atoms with Gasteiger partial charge in [-0.1, -0.05) is 6.07 Å². The minimum atomic E-state index is -0.611. The van der Waals surface area contributed by atoms with Crippen LogP contribution in [0, 0.1) is 0 Å². The van der Waals surface area contributed by atoms with Gasteiger partial charge < -0.3 is 9.84 Å². The number of ether oxygens (including phenoxy) is 1. The summed E-state index contributed by atoms with van der Waals surface area (Å²) in [4.78, 5) is 0. The number of hydrogen-bond donors (Lipinski definition) is 1. The fourth-order valence-corrected chi connectivity index (χ4v) is 3.54. The molecule has 0 saturated carbocycles. The Balaban J connectivity index is 1.83. The van der Waals surface area contributed by atoms with Crippen molar-refractivity contribution in [3.63, 3.8) is 0 Å². The van der Waals surface area contributed by atoms with Gasteiger partial charge in [-0.25, -0.2) is 0 Å². The van der Waals surface area contributed by atoms with Gasteiger partial charge in [0.25, 0.3) is 0 Å². The summed E-state index contributed by atoms with van der Waals surface area (Å²) in [6.07, 6.45) is 3.24. The zero-order valence-electron chi connectivity index (χ0n) is 11.1. The molecule has 0 aliphatic heterocycles. The second kappa shape index (κ2) is 4.99. The van der Waals surface area contributed by atoms with Crippen molar-refractivity contribution in [2.75, 3.05) is 7.11 Å². The third kappa shape index (κ3) is 2.67. The lowest BCUT2D eigenvalue weighted by atomic mass is 9.77. The van der Waals surface area contributed by atoms with E-state index in [9.17, 15) is 5.11 Å². The Morgan fingerprint density at radius 3 is 2.95 bits per heavy atom. The maximum Gasteiger partial charge on any atom is 0.119 e. The molecule has 2 nitrogen and oxygen atoms in total. The number of benzene rings is 1. The van der Waals surface area contributed by atoms with E-state index < -0.39 is 5.60 Å². The first-order chi connectivity index (χ1) is 9.18. The molecular weight excluding hydrogens is 256 g/mol. The van der Waals surface area contributed by atoms with Gasteiger partial charge in [-0.3, -0.25) is 0 Å². The second-order valence-corrected chi connectivity index (χ2v) is 6.12. The molecule has 1 aliphatic carbocycles. The molecular formula is C16H18O2S. The molecule has 0 bridgehead atoms. The van der Waals surface area contributed by atoms with Gasteiger partial charge in [0.2, 0.25) is 0 Å². The predicted molar refractivity (Wildman–Crippen MR) is 78.0 cm³/mol. The fraction of sp³-hybridized carbons (Fsp3) is 0.375. The number of aryl methyl sites for hydroxylation is 1. The van der Waals surface area contributed by atoms with E-state index in [-0.39, 0.29) is 0 Å². The van der Waals surface area contributed by atoms with Gasteiger partial charge in [0.05, 0.1) is 12.7 Å². The number of thiophene rings is 1. The molecule has 0 spiro atoms. The number of hydrogen-bond acceptors (Lipinski definition) is 3. The van der Waals surface area contributed by atoms with E-state index in [0.717, 1.165) is 31.4 Å². The summed E-state index contributed by atoms with van der Waals surface area (Å²) in [5.74, 6) is 0.874. The zero-order chi connectivity index (χ0) is 13.3. The van der Waals surface area contributed by atoms with Crippen LogP contribution in [0.15, 0.2) is 35.0 Å². The summed E-state index contributed by atoms with van der Waals surface area (Å²) in [6, 6.07) is 8.29. The average molecular weight is 274 g/mol. The summed E-state index contributed by atoms with van der Waals surface area (Å²) in [5, 5.41) is 15.0. The third-order valence-electron chi connectivity index (χ3n) is 3.91. The van der Waals surface area contributed by atoms with Crippen LogP contribution >= 0.6 is 11.3 Å². The first kappa shape index (κ1) is 12.7. The largest absolute Gasteiger partial charge is 0.497 e. The summed E-state index contributed by atoms with van der Waals surface area (Å²) in [5.41, 5.74) is 3.19. The molecule has 1 aromatic heterocycles. The van der Waals surface area contributed by atoms with Gasteiger partial charge >= 0.3 is 0 Å². The van der Waals surface area contributed by atoms with Gasteiger partial charge in [0, 0.05) is 12.8 Å². The van der Waals surface area contributed by atoms with Crippen molar-refractivity contribution in [3.8, 4) is 5.75 Å². The van der Waals surface area contributed by atoms with Crippen molar-refractivity contribution < 1.29 is 9.84 Å². The standard InChI is InChI=1S/C16H18O2S/c1-18-15-3-2-13-4-6-16(17,10-14(13)8-15)9-12-5-7-19-11-12/h2-3,5,7-8,11,17H,4,6,9-10H2,1H3. The van der Waals surface area contributed by atoms with Crippen LogP contribution in [0.5, 0.6) is 5.75 Å². The smallest absolute Gasteiger partial charge is 0.119 e. The fourth-order valence-electron chi connectivity index (χ4n) is 2.87. The lowest BCUT2D eigenvalue weighted by Gasteiger charge is -2.33. The molecule has 1 aliphatic rings. The van der Waals surface area contributed by atoms with Crippen LogP contribution in [0.1, 0.15) is 23.1 Å². The van der Waals surface area contributed by atoms with E-state index >= 15 is 0 Å². The van der Waals surface area contributed by atoms with Crippen LogP contribution in [0.2, 0.25) is 0 Å². The molecule has 1 heterocycles. The Bertz CT molecular complexity index is 562. The Kier molecular flexibility index (Phi) is 3.33. The minimum Gasteiger partial charge on any atom is -0.497 e. The first-order valence-electron chi connectivity index (χ1n) is 6.58. The SMILES string of the molecule is COc1ccc2c(c1)CC(O)(Cc1ccsc1)CC2. The van der Waals surface area contributed by atoms with Gasteiger partial charge in [-0.15, -0.1) is 0 Å². The number of fused-ring (bicyclic) bond motifs is 1. The van der Waals surface area contributed by atoms with Crippen LogP contribution in [0.3, 0.4) is 0 Å². The molecule has 3 heteroatoms. The van der Waals surface area contributed by atoms with Crippen LogP contribution in [0.4, 0.5) is 0 Å². The van der Waals surface area contributed by atoms with E-state index in [4.69, 9.17) is 4.74 Å². The van der Waals surface area contributed by atoms with E-state index in [2.05, 4.69) is 29.0 Å². The lowest BCUT2D eigenvalue weighted by molar-refractivity contribution is 0.0268. The summed E-state index contributed by atoms with van der Waals surface area (Å²) in [6.45, 7) is 0. The van der Waals surface area contributed by atoms with Crippen LogP contribution < -0.4 is 4.74 Å². The molecule has 1 N–H and O–H groups in total. The van der Waals surface area contributed by atoms with Crippen LogP contribution in [-0.2, 0) is 19.3 Å². The molecule has 3 rings (SSSR count). The molecule has 0 amide bonds. The molecule has 1 aromatic carbocycles. The van der Waals surface area contributed by atoms with Crippen molar-refractivity contribution >= 4 is 11.3 Å². The van der Waals surface area contributed by atoms with E-state index in [1.54, 1.807) is 18.4 Å². The minimum absolute atomic E-state index is 0.611. The molecule has 2 aromatic rings. The summed E-state index contributed by atoms with van der Waals surface area (Å²) in [7, 11) is 1.68. The molecule has 100 valence electrons. The van der Waals surface area contributed by atoms with Crippen molar-refractivity contribution in [1.29, 1.82) is 0 Å². The highest BCUT2D eigenvalue weighted by atomic mass is 32.1. The molecule has 1 atom stereocenters. The Labute approximate surface area is 117 Å². The predicted octanol–water partition coefficient (Wildman–Crippen LogP) is 3.22. The quantitative estimate of drug-likeness (QED) is 0.931. The molecule has 0 saturated heterocycles.